The summed E-state index contributed by atoms with van der Waals surface area (Å²) in [5.74, 6) is -1.44. The summed E-state index contributed by atoms with van der Waals surface area (Å²) >= 11 is 0. The number of carbonyl (C=O) groups excluding carboxylic acids is 1. The Morgan fingerprint density at radius 1 is 1.41 bits per heavy atom. The van der Waals surface area contributed by atoms with Crippen LogP contribution in [0.4, 0.5) is 4.39 Å². The molecule has 1 aliphatic rings. The summed E-state index contributed by atoms with van der Waals surface area (Å²) < 4.78 is 19.1. The lowest BCUT2D eigenvalue weighted by molar-refractivity contribution is -0.134. The molecular formula is C20H31FN2O6. The Hall–Kier alpha value is -2.23. The number of likely N-dealkylation sites (tertiary alicyclic amines) is 1. The van der Waals surface area contributed by atoms with Gasteiger partial charge in [0, 0.05) is 32.0 Å². The number of carboxylic acids is 1. The molecule has 0 unspecified atom stereocenters. The largest absolute Gasteiger partial charge is 0.491 e. The van der Waals surface area contributed by atoms with Gasteiger partial charge in [0.1, 0.15) is 18.2 Å². The molecule has 1 saturated heterocycles. The van der Waals surface area contributed by atoms with Gasteiger partial charge in [-0.05, 0) is 31.0 Å². The number of hydrogen-bond acceptors (Lipinski definition) is 6. The summed E-state index contributed by atoms with van der Waals surface area (Å²) in [7, 11) is 0. The van der Waals surface area contributed by atoms with Crippen LogP contribution in [0.2, 0.25) is 0 Å². The zero-order valence-electron chi connectivity index (χ0n) is 16.9. The van der Waals surface area contributed by atoms with E-state index in [9.17, 15) is 19.4 Å². The van der Waals surface area contributed by atoms with Crippen LogP contribution in [0.15, 0.2) is 18.2 Å². The number of benzene rings is 1. The minimum Gasteiger partial charge on any atom is -0.491 e. The first-order valence-electron chi connectivity index (χ1n) is 9.61. The molecule has 0 aromatic heterocycles. The smallest absolute Gasteiger partial charge is 0.300 e. The van der Waals surface area contributed by atoms with E-state index in [0.717, 1.165) is 19.4 Å². The van der Waals surface area contributed by atoms with Gasteiger partial charge in [-0.3, -0.25) is 9.59 Å². The number of nitrogens with two attached hydrogens (primary N) is 1. The van der Waals surface area contributed by atoms with E-state index in [2.05, 4.69) is 0 Å². The zero-order valence-corrected chi connectivity index (χ0v) is 16.9. The maximum absolute atomic E-state index is 13.7. The number of rotatable bonds is 7. The second kappa shape index (κ2) is 11.7. The van der Waals surface area contributed by atoms with Gasteiger partial charge in [0.25, 0.3) is 11.9 Å². The Balaban J connectivity index is 0.000000960. The number of halogens is 1. The van der Waals surface area contributed by atoms with Crippen LogP contribution in [0.1, 0.15) is 43.5 Å². The summed E-state index contributed by atoms with van der Waals surface area (Å²) in [5, 5.41) is 27.6. The Morgan fingerprint density at radius 2 is 2.07 bits per heavy atom. The van der Waals surface area contributed by atoms with Crippen LogP contribution in [-0.4, -0.2) is 71.0 Å². The summed E-state index contributed by atoms with van der Waals surface area (Å²) in [6, 6.07) is 3.81. The molecule has 1 aromatic carbocycles. The fourth-order valence-electron chi connectivity index (χ4n) is 3.43. The van der Waals surface area contributed by atoms with Crippen LogP contribution < -0.4 is 10.5 Å². The minimum atomic E-state index is -0.833. The quantitative estimate of drug-likeness (QED) is 0.527. The number of carbonyl (C=O) groups is 2. The number of aliphatic carboxylic acids is 1. The fourth-order valence-corrected chi connectivity index (χ4v) is 3.43. The van der Waals surface area contributed by atoms with Crippen molar-refractivity contribution in [3.8, 4) is 5.75 Å². The topological polar surface area (TPSA) is 133 Å². The van der Waals surface area contributed by atoms with E-state index in [-0.39, 0.29) is 43.5 Å². The third-order valence-corrected chi connectivity index (χ3v) is 4.78. The fraction of sp³-hybridized carbons (Fsp3) is 0.600. The highest BCUT2D eigenvalue weighted by molar-refractivity contribution is 5.97. The van der Waals surface area contributed by atoms with Crippen molar-refractivity contribution < 1.29 is 34.0 Å². The Kier molecular flexibility index (Phi) is 10.0. The minimum absolute atomic E-state index is 0.133. The Morgan fingerprint density at radius 3 is 2.62 bits per heavy atom. The molecule has 0 radical (unpaired) electrons. The summed E-state index contributed by atoms with van der Waals surface area (Å²) in [5.41, 5.74) is 4.82. The number of aliphatic hydroxyl groups is 2. The van der Waals surface area contributed by atoms with Gasteiger partial charge in [0.15, 0.2) is 0 Å². The molecule has 2 rings (SSSR count). The Labute approximate surface area is 170 Å². The first-order valence-corrected chi connectivity index (χ1v) is 9.61. The molecule has 5 N–H and O–H groups in total. The van der Waals surface area contributed by atoms with E-state index < -0.39 is 23.3 Å². The lowest BCUT2D eigenvalue weighted by atomic mass is 9.74. The Bertz CT molecular complexity index is 683. The van der Waals surface area contributed by atoms with Crippen molar-refractivity contribution in [3.05, 3.63) is 29.6 Å². The van der Waals surface area contributed by atoms with E-state index >= 15 is 0 Å². The maximum atomic E-state index is 13.7. The summed E-state index contributed by atoms with van der Waals surface area (Å²) in [6.45, 7) is 3.93. The molecule has 8 nitrogen and oxygen atoms in total. The van der Waals surface area contributed by atoms with Gasteiger partial charge in [-0.1, -0.05) is 13.3 Å². The highest BCUT2D eigenvalue weighted by Gasteiger charge is 2.43. The lowest BCUT2D eigenvalue weighted by Crippen LogP contribution is -2.55. The lowest BCUT2D eigenvalue weighted by Gasteiger charge is -2.45. The average Bonchev–Trinajstić information content (AvgIpc) is 2.68. The van der Waals surface area contributed by atoms with Gasteiger partial charge < -0.3 is 30.7 Å². The average molecular weight is 414 g/mol. The molecule has 2 atom stereocenters. The van der Waals surface area contributed by atoms with E-state index in [1.54, 1.807) is 4.90 Å². The van der Waals surface area contributed by atoms with E-state index in [1.165, 1.54) is 12.1 Å². The van der Waals surface area contributed by atoms with Gasteiger partial charge in [-0.15, -0.1) is 0 Å². The molecule has 1 amide bonds. The van der Waals surface area contributed by atoms with Crippen molar-refractivity contribution in [1.82, 2.24) is 4.90 Å². The van der Waals surface area contributed by atoms with Gasteiger partial charge in [0.05, 0.1) is 18.3 Å². The summed E-state index contributed by atoms with van der Waals surface area (Å²) in [6.07, 6.45) is 1.10. The van der Waals surface area contributed by atoms with Crippen molar-refractivity contribution in [2.24, 2.45) is 11.1 Å². The third-order valence-electron chi connectivity index (χ3n) is 4.78. The molecule has 29 heavy (non-hydrogen) atoms. The normalized spacial score (nSPS) is 21.2. The molecule has 1 aromatic rings. The highest BCUT2D eigenvalue weighted by atomic mass is 19.1. The van der Waals surface area contributed by atoms with Crippen molar-refractivity contribution in [3.63, 3.8) is 0 Å². The van der Waals surface area contributed by atoms with Crippen molar-refractivity contribution in [2.45, 2.75) is 39.2 Å². The monoisotopic (exact) mass is 414 g/mol. The maximum Gasteiger partial charge on any atom is 0.300 e. The van der Waals surface area contributed by atoms with E-state index in [1.807, 2.05) is 6.92 Å². The molecule has 0 aliphatic carbocycles. The number of ether oxygens (including phenoxy) is 1. The predicted molar refractivity (Wildman–Crippen MR) is 105 cm³/mol. The SMILES string of the molecule is CC(=O)O.CCC[C@@]1(CO)CN(C(=O)c2cc(F)ccc2OCCN)CC[C@H]1O. The molecule has 0 saturated carbocycles. The van der Waals surface area contributed by atoms with Crippen molar-refractivity contribution >= 4 is 11.9 Å². The summed E-state index contributed by atoms with van der Waals surface area (Å²) in [4.78, 5) is 23.5. The number of amides is 1. The molecule has 1 heterocycles. The van der Waals surface area contributed by atoms with Crippen LogP contribution in [-0.2, 0) is 4.79 Å². The molecule has 1 fully saturated rings. The second-order valence-electron chi connectivity index (χ2n) is 7.10. The van der Waals surface area contributed by atoms with Crippen molar-refractivity contribution in [1.29, 1.82) is 0 Å². The van der Waals surface area contributed by atoms with Gasteiger partial charge in [-0.2, -0.15) is 0 Å². The standard InChI is InChI=1S/C18H27FN2O4.C2H4O2/c1-2-6-18(12-22)11-21(8-5-16(18)23)17(24)14-10-13(19)3-4-15(14)25-9-7-20;1-2(3)4/h3-4,10,16,22-23H,2,5-9,11-12,20H2,1H3;1H3,(H,3,4)/t16-,18+;/m1./s1. The van der Waals surface area contributed by atoms with E-state index in [0.29, 0.717) is 19.4 Å². The second-order valence-corrected chi connectivity index (χ2v) is 7.10. The van der Waals surface area contributed by atoms with Crippen LogP contribution in [0.3, 0.4) is 0 Å². The first kappa shape index (κ1) is 24.8. The number of nitrogens with zero attached hydrogens (tertiary/aromatic N) is 1. The number of piperidine rings is 1. The molecular weight excluding hydrogens is 383 g/mol. The molecule has 0 spiro atoms. The molecule has 1 aliphatic heterocycles. The molecule has 9 heteroatoms. The molecule has 0 bridgehead atoms. The van der Waals surface area contributed by atoms with Crippen molar-refractivity contribution in [2.75, 3.05) is 32.8 Å². The third kappa shape index (κ3) is 6.95. The van der Waals surface area contributed by atoms with Crippen LogP contribution in [0.5, 0.6) is 5.75 Å². The zero-order chi connectivity index (χ0) is 22.0. The predicted octanol–water partition coefficient (Wildman–Crippen LogP) is 1.24. The first-order chi connectivity index (χ1) is 13.7. The molecule has 164 valence electrons. The van der Waals surface area contributed by atoms with Crippen LogP contribution in [0, 0.1) is 11.2 Å². The van der Waals surface area contributed by atoms with Crippen LogP contribution >= 0.6 is 0 Å². The number of hydrogen-bond donors (Lipinski definition) is 4. The van der Waals surface area contributed by atoms with Gasteiger partial charge in [-0.25, -0.2) is 4.39 Å². The highest BCUT2D eigenvalue weighted by Crippen LogP contribution is 2.36. The van der Waals surface area contributed by atoms with Gasteiger partial charge in [0.2, 0.25) is 0 Å². The number of carboxylic acid groups (broad SMARTS) is 1. The van der Waals surface area contributed by atoms with E-state index in [4.69, 9.17) is 20.4 Å². The number of aliphatic hydroxyl groups excluding tert-OH is 2. The van der Waals surface area contributed by atoms with Crippen LogP contribution in [0.25, 0.3) is 0 Å². The van der Waals surface area contributed by atoms with Gasteiger partial charge >= 0.3 is 0 Å².